The zero-order valence-electron chi connectivity index (χ0n) is 17.4. The standard InChI is InChI=1S/C22H29N3O2S2/c1-15-10-11-24(19-8-4-5-9-20(19)29-15)21(26)14-28-22-23-16(2)17(3)25(22)13-18-7-6-12-27-18/h4-5,8-9,15,18H,6-7,10-14H2,1-3H3/t15-,18+/m1/s1. The van der Waals surface area contributed by atoms with Gasteiger partial charge in [0.1, 0.15) is 0 Å². The maximum Gasteiger partial charge on any atom is 0.237 e. The molecule has 0 bridgehead atoms. The average molecular weight is 432 g/mol. The smallest absolute Gasteiger partial charge is 0.237 e. The molecule has 1 amide bonds. The number of thioether (sulfide) groups is 2. The second-order valence-corrected chi connectivity index (χ2v) is 10.3. The van der Waals surface area contributed by atoms with Crippen LogP contribution in [0.1, 0.15) is 37.6 Å². The minimum Gasteiger partial charge on any atom is -0.376 e. The Hall–Kier alpha value is -1.44. The molecule has 0 radical (unpaired) electrons. The van der Waals surface area contributed by atoms with Crippen LogP contribution < -0.4 is 4.90 Å². The molecule has 1 fully saturated rings. The van der Waals surface area contributed by atoms with Crippen LogP contribution in [0, 0.1) is 13.8 Å². The van der Waals surface area contributed by atoms with Gasteiger partial charge in [-0.15, -0.1) is 11.8 Å². The third kappa shape index (κ3) is 4.67. The lowest BCUT2D eigenvalue weighted by Gasteiger charge is -2.22. The van der Waals surface area contributed by atoms with Crippen molar-refractivity contribution in [3.05, 3.63) is 35.7 Å². The number of rotatable bonds is 5. The highest BCUT2D eigenvalue weighted by Gasteiger charge is 2.25. The molecule has 2 atom stereocenters. The maximum atomic E-state index is 13.2. The molecule has 0 spiro atoms. The summed E-state index contributed by atoms with van der Waals surface area (Å²) in [6.45, 7) is 8.82. The van der Waals surface area contributed by atoms with Gasteiger partial charge in [0.05, 0.1) is 29.8 Å². The summed E-state index contributed by atoms with van der Waals surface area (Å²) in [6, 6.07) is 8.25. The number of hydrogen-bond donors (Lipinski definition) is 0. The number of aryl methyl sites for hydroxylation is 1. The van der Waals surface area contributed by atoms with Gasteiger partial charge >= 0.3 is 0 Å². The molecular weight excluding hydrogens is 402 g/mol. The first-order valence-corrected chi connectivity index (χ1v) is 12.2. The van der Waals surface area contributed by atoms with Gasteiger partial charge in [0.25, 0.3) is 0 Å². The van der Waals surface area contributed by atoms with E-state index in [1.54, 1.807) is 11.8 Å². The molecule has 5 nitrogen and oxygen atoms in total. The Morgan fingerprint density at radius 3 is 2.93 bits per heavy atom. The summed E-state index contributed by atoms with van der Waals surface area (Å²) < 4.78 is 8.06. The van der Waals surface area contributed by atoms with Crippen molar-refractivity contribution in [1.29, 1.82) is 0 Å². The van der Waals surface area contributed by atoms with Gasteiger partial charge in [0, 0.05) is 29.0 Å². The van der Waals surface area contributed by atoms with Crippen molar-refractivity contribution in [3.63, 3.8) is 0 Å². The highest BCUT2D eigenvalue weighted by atomic mass is 32.2. The average Bonchev–Trinajstić information content (AvgIpc) is 3.26. The van der Waals surface area contributed by atoms with Gasteiger partial charge in [-0.2, -0.15) is 0 Å². The van der Waals surface area contributed by atoms with Crippen molar-refractivity contribution in [3.8, 4) is 0 Å². The fourth-order valence-corrected chi connectivity index (χ4v) is 5.98. The third-order valence-electron chi connectivity index (χ3n) is 5.70. The predicted octanol–water partition coefficient (Wildman–Crippen LogP) is 4.69. The Balaban J connectivity index is 1.48. The van der Waals surface area contributed by atoms with E-state index in [1.165, 1.54) is 10.6 Å². The van der Waals surface area contributed by atoms with Gasteiger partial charge in [0.2, 0.25) is 5.91 Å². The number of aromatic nitrogens is 2. The first-order chi connectivity index (χ1) is 14.0. The number of imidazole rings is 1. The van der Waals surface area contributed by atoms with Crippen LogP contribution in [0.2, 0.25) is 0 Å². The van der Waals surface area contributed by atoms with Crippen LogP contribution in [0.4, 0.5) is 5.69 Å². The van der Waals surface area contributed by atoms with Gasteiger partial charge in [-0.3, -0.25) is 4.79 Å². The van der Waals surface area contributed by atoms with Gasteiger partial charge in [0.15, 0.2) is 5.16 Å². The number of fused-ring (bicyclic) bond motifs is 1. The number of carbonyl (C=O) groups excluding carboxylic acids is 1. The van der Waals surface area contributed by atoms with Crippen LogP contribution in [0.5, 0.6) is 0 Å². The van der Waals surface area contributed by atoms with Crippen molar-refractivity contribution in [1.82, 2.24) is 9.55 Å². The summed E-state index contributed by atoms with van der Waals surface area (Å²) in [7, 11) is 0. The summed E-state index contributed by atoms with van der Waals surface area (Å²) in [5, 5.41) is 1.44. The van der Waals surface area contributed by atoms with Crippen LogP contribution in [-0.4, -0.2) is 45.7 Å². The molecule has 1 saturated heterocycles. The lowest BCUT2D eigenvalue weighted by molar-refractivity contribution is -0.116. The van der Waals surface area contributed by atoms with Crippen LogP contribution in [0.15, 0.2) is 34.3 Å². The fraction of sp³-hybridized carbons (Fsp3) is 0.545. The van der Waals surface area contributed by atoms with E-state index in [4.69, 9.17) is 9.72 Å². The molecule has 1 aromatic heterocycles. The number of para-hydroxylation sites is 1. The van der Waals surface area contributed by atoms with Crippen molar-refractivity contribution in [2.24, 2.45) is 0 Å². The van der Waals surface area contributed by atoms with E-state index in [9.17, 15) is 4.79 Å². The first kappa shape index (κ1) is 20.8. The third-order valence-corrected chi connectivity index (χ3v) is 7.90. The minimum absolute atomic E-state index is 0.152. The highest BCUT2D eigenvalue weighted by Crippen LogP contribution is 2.37. The Bertz CT molecular complexity index is 877. The van der Waals surface area contributed by atoms with Crippen molar-refractivity contribution >= 4 is 35.1 Å². The lowest BCUT2D eigenvalue weighted by atomic mass is 10.2. The van der Waals surface area contributed by atoms with Crippen molar-refractivity contribution < 1.29 is 9.53 Å². The van der Waals surface area contributed by atoms with E-state index >= 15 is 0 Å². The van der Waals surface area contributed by atoms with E-state index in [1.807, 2.05) is 29.7 Å². The number of ether oxygens (including phenoxy) is 1. The molecule has 2 aliphatic rings. The Labute approximate surface area is 181 Å². The molecular formula is C22H29N3O2S2. The second-order valence-electron chi connectivity index (χ2n) is 7.83. The van der Waals surface area contributed by atoms with Gasteiger partial charge in [-0.25, -0.2) is 4.98 Å². The van der Waals surface area contributed by atoms with E-state index in [-0.39, 0.29) is 12.0 Å². The number of anilines is 1. The summed E-state index contributed by atoms with van der Waals surface area (Å²) in [5.74, 6) is 0.550. The normalized spacial score (nSPS) is 21.8. The van der Waals surface area contributed by atoms with E-state index in [0.29, 0.717) is 11.0 Å². The Kier molecular flexibility index (Phi) is 6.56. The van der Waals surface area contributed by atoms with Crippen LogP contribution in [0.25, 0.3) is 0 Å². The molecule has 4 rings (SSSR count). The van der Waals surface area contributed by atoms with Crippen molar-refractivity contribution in [2.75, 3.05) is 23.8 Å². The van der Waals surface area contributed by atoms with Crippen LogP contribution in [0.3, 0.4) is 0 Å². The number of carbonyl (C=O) groups is 1. The van der Waals surface area contributed by atoms with Gasteiger partial charge in [-0.1, -0.05) is 30.8 Å². The predicted molar refractivity (Wildman–Crippen MR) is 120 cm³/mol. The minimum atomic E-state index is 0.152. The molecule has 0 unspecified atom stereocenters. The summed E-state index contributed by atoms with van der Waals surface area (Å²) in [6.07, 6.45) is 3.48. The Morgan fingerprint density at radius 2 is 2.14 bits per heavy atom. The molecule has 1 aromatic carbocycles. The zero-order valence-corrected chi connectivity index (χ0v) is 19.0. The van der Waals surface area contributed by atoms with E-state index < -0.39 is 0 Å². The SMILES string of the molecule is Cc1nc(SCC(=O)N2CC[C@@H](C)Sc3ccccc32)n(C[C@@H]2CCCO2)c1C. The molecule has 3 heterocycles. The molecule has 0 saturated carbocycles. The molecule has 0 N–H and O–H groups in total. The Morgan fingerprint density at radius 1 is 1.31 bits per heavy atom. The molecule has 7 heteroatoms. The molecule has 2 aliphatic heterocycles. The number of benzene rings is 1. The van der Waals surface area contributed by atoms with E-state index in [2.05, 4.69) is 36.6 Å². The molecule has 156 valence electrons. The van der Waals surface area contributed by atoms with Gasteiger partial charge in [-0.05, 0) is 45.2 Å². The summed E-state index contributed by atoms with van der Waals surface area (Å²) in [5.41, 5.74) is 3.24. The lowest BCUT2D eigenvalue weighted by Crippen LogP contribution is -2.33. The fourth-order valence-electron chi connectivity index (χ4n) is 3.89. The first-order valence-electron chi connectivity index (χ1n) is 10.4. The monoisotopic (exact) mass is 431 g/mol. The summed E-state index contributed by atoms with van der Waals surface area (Å²) >= 11 is 3.41. The quantitative estimate of drug-likeness (QED) is 0.643. The second kappa shape index (κ2) is 9.14. The summed E-state index contributed by atoms with van der Waals surface area (Å²) in [4.78, 5) is 21.1. The molecule has 29 heavy (non-hydrogen) atoms. The van der Waals surface area contributed by atoms with Crippen LogP contribution >= 0.6 is 23.5 Å². The number of amides is 1. The zero-order chi connectivity index (χ0) is 20.4. The van der Waals surface area contributed by atoms with E-state index in [0.717, 1.165) is 55.5 Å². The number of hydrogen-bond acceptors (Lipinski definition) is 5. The highest BCUT2D eigenvalue weighted by molar-refractivity contribution is 8.00. The van der Waals surface area contributed by atoms with Gasteiger partial charge < -0.3 is 14.2 Å². The maximum absolute atomic E-state index is 13.2. The van der Waals surface area contributed by atoms with Crippen LogP contribution in [-0.2, 0) is 16.1 Å². The topological polar surface area (TPSA) is 47.4 Å². The largest absolute Gasteiger partial charge is 0.376 e. The molecule has 2 aromatic rings. The molecule has 0 aliphatic carbocycles. The van der Waals surface area contributed by atoms with Crippen molar-refractivity contribution in [2.45, 2.75) is 68.0 Å². The number of nitrogens with zero attached hydrogens (tertiary/aromatic N) is 3.